The van der Waals surface area contributed by atoms with Crippen molar-refractivity contribution in [1.29, 1.82) is 5.41 Å². The number of nitrogens with zero attached hydrogens (tertiary/aromatic N) is 4. The van der Waals surface area contributed by atoms with Crippen LogP contribution in [0.25, 0.3) is 27.9 Å². The Labute approximate surface area is 206 Å². The third kappa shape index (κ3) is 3.56. The molecule has 9 nitrogen and oxygen atoms in total. The molecule has 1 aliphatic heterocycles. The predicted octanol–water partition coefficient (Wildman–Crippen LogP) is 3.44. The van der Waals surface area contributed by atoms with Crippen molar-refractivity contribution >= 4 is 28.1 Å². The van der Waals surface area contributed by atoms with Gasteiger partial charge < -0.3 is 15.3 Å². The van der Waals surface area contributed by atoms with Gasteiger partial charge in [0.25, 0.3) is 5.56 Å². The van der Waals surface area contributed by atoms with Gasteiger partial charge in [0.2, 0.25) is 5.91 Å². The van der Waals surface area contributed by atoms with Crippen molar-refractivity contribution < 1.29 is 4.79 Å². The van der Waals surface area contributed by atoms with Gasteiger partial charge in [0.1, 0.15) is 5.82 Å². The Morgan fingerprint density at radius 2 is 2.03 bits per heavy atom. The molecule has 1 aromatic carbocycles. The number of H-pyrrole nitrogens is 2. The van der Waals surface area contributed by atoms with Gasteiger partial charge in [-0.3, -0.25) is 19.7 Å². The lowest BCUT2D eigenvalue weighted by Gasteiger charge is -2.30. The molecule has 3 N–H and O–H groups in total. The molecule has 0 radical (unpaired) electrons. The lowest BCUT2D eigenvalue weighted by atomic mass is 9.78. The molecule has 0 saturated carbocycles. The van der Waals surface area contributed by atoms with Crippen LogP contribution in [0.5, 0.6) is 0 Å². The molecule has 6 rings (SSSR count). The highest BCUT2D eigenvalue weighted by molar-refractivity contribution is 6.12. The highest BCUT2D eigenvalue weighted by Gasteiger charge is 2.33. The largest absolute Gasteiger partial charge is 0.339 e. The molecule has 1 amide bonds. The molecule has 36 heavy (non-hydrogen) atoms. The third-order valence-electron chi connectivity index (χ3n) is 6.90. The molecule has 0 bridgehead atoms. The molecule has 0 spiro atoms. The summed E-state index contributed by atoms with van der Waals surface area (Å²) in [5.41, 5.74) is 4.96. The summed E-state index contributed by atoms with van der Waals surface area (Å²) in [5.74, 6) is 0.0105. The fourth-order valence-electron chi connectivity index (χ4n) is 5.02. The van der Waals surface area contributed by atoms with Crippen LogP contribution < -0.4 is 5.56 Å². The molecule has 178 valence electrons. The lowest BCUT2D eigenvalue weighted by Crippen LogP contribution is -2.34. The van der Waals surface area contributed by atoms with Crippen LogP contribution >= 0.6 is 0 Å². The van der Waals surface area contributed by atoms with Gasteiger partial charge in [-0.15, -0.1) is 0 Å². The van der Waals surface area contributed by atoms with Gasteiger partial charge in [-0.1, -0.05) is 24.3 Å². The number of fused-ring (bicyclic) bond motifs is 2. The number of hydrogen-bond donors (Lipinski definition) is 3. The normalized spacial score (nSPS) is 17.5. The van der Waals surface area contributed by atoms with E-state index in [-0.39, 0.29) is 22.7 Å². The second-order valence-corrected chi connectivity index (χ2v) is 8.97. The number of carbonyl (C=O) groups is 1. The number of benzene rings is 1. The van der Waals surface area contributed by atoms with Crippen molar-refractivity contribution in [1.82, 2.24) is 30.0 Å². The van der Waals surface area contributed by atoms with Crippen molar-refractivity contribution in [3.63, 3.8) is 0 Å². The average molecular weight is 478 g/mol. The minimum atomic E-state index is -0.449. The van der Waals surface area contributed by atoms with Crippen molar-refractivity contribution in [2.75, 3.05) is 13.1 Å². The van der Waals surface area contributed by atoms with Gasteiger partial charge in [0.15, 0.2) is 0 Å². The van der Waals surface area contributed by atoms with Crippen molar-refractivity contribution in [2.24, 2.45) is 0 Å². The molecule has 0 saturated heterocycles. The first-order valence-electron chi connectivity index (χ1n) is 11.7. The minimum absolute atomic E-state index is 0.0316. The van der Waals surface area contributed by atoms with Crippen molar-refractivity contribution in [3.05, 3.63) is 93.8 Å². The quantitative estimate of drug-likeness (QED) is 0.416. The minimum Gasteiger partial charge on any atom is -0.339 e. The van der Waals surface area contributed by atoms with E-state index in [1.807, 2.05) is 30.4 Å². The van der Waals surface area contributed by atoms with E-state index in [0.717, 1.165) is 33.2 Å². The SMILES string of the molecule is CC(=O)N1CC=C(C2=CC(c3cccc4[nH]ncc34)C(=N)c3c2nc(-c2ccncc2)[nH]c3=O)CC1. The Morgan fingerprint density at radius 3 is 2.78 bits per heavy atom. The predicted molar refractivity (Wildman–Crippen MR) is 137 cm³/mol. The van der Waals surface area contributed by atoms with E-state index in [9.17, 15) is 9.59 Å². The van der Waals surface area contributed by atoms with Gasteiger partial charge >= 0.3 is 0 Å². The fourth-order valence-corrected chi connectivity index (χ4v) is 5.02. The van der Waals surface area contributed by atoms with Gasteiger partial charge in [-0.25, -0.2) is 4.98 Å². The summed E-state index contributed by atoms with van der Waals surface area (Å²) in [4.78, 5) is 38.9. The number of nitrogens with one attached hydrogen (secondary N) is 3. The zero-order valence-corrected chi connectivity index (χ0v) is 19.6. The maximum Gasteiger partial charge on any atom is 0.260 e. The summed E-state index contributed by atoms with van der Waals surface area (Å²) in [6.45, 7) is 2.66. The number of aromatic amines is 2. The van der Waals surface area contributed by atoms with E-state index < -0.39 is 5.92 Å². The molecule has 1 atom stereocenters. The summed E-state index contributed by atoms with van der Waals surface area (Å²) in [6, 6.07) is 9.40. The van der Waals surface area contributed by atoms with Gasteiger partial charge in [-0.05, 0) is 35.8 Å². The monoisotopic (exact) mass is 477 g/mol. The topological polar surface area (TPSA) is 131 Å². The number of rotatable bonds is 3. The van der Waals surface area contributed by atoms with Gasteiger partial charge in [-0.2, -0.15) is 5.10 Å². The lowest BCUT2D eigenvalue weighted by molar-refractivity contribution is -0.128. The van der Waals surface area contributed by atoms with Gasteiger partial charge in [0, 0.05) is 54.8 Å². The smallest absolute Gasteiger partial charge is 0.260 e. The summed E-state index contributed by atoms with van der Waals surface area (Å²) in [7, 11) is 0. The second-order valence-electron chi connectivity index (χ2n) is 8.97. The molecule has 9 heteroatoms. The van der Waals surface area contributed by atoms with E-state index in [1.165, 1.54) is 0 Å². The standard InChI is InChI=1S/C27H23N7O2/c1-15(35)34-11-7-16(8-12-34)19-13-20(18-3-2-4-22-21(18)14-30-33-22)24(28)23-25(19)31-26(32-27(23)36)17-5-9-29-10-6-17/h2-7,9-10,13-14,20,28H,8,11-12H2,1H3,(H,30,33)(H,31,32,36). The van der Waals surface area contributed by atoms with E-state index >= 15 is 0 Å². The number of amides is 1. The summed E-state index contributed by atoms with van der Waals surface area (Å²) in [6.07, 6.45) is 9.75. The van der Waals surface area contributed by atoms with E-state index in [2.05, 4.69) is 20.2 Å². The van der Waals surface area contributed by atoms with Gasteiger partial charge in [0.05, 0.1) is 28.7 Å². The fraction of sp³-hybridized carbons (Fsp3) is 0.185. The number of hydrogen-bond acceptors (Lipinski definition) is 6. The maximum atomic E-state index is 13.5. The number of carbonyl (C=O) groups excluding carboxylic acids is 1. The Kier molecular flexibility index (Phi) is 5.18. The summed E-state index contributed by atoms with van der Waals surface area (Å²) in [5, 5.41) is 17.1. The zero-order valence-electron chi connectivity index (χ0n) is 19.6. The number of aromatic nitrogens is 5. The van der Waals surface area contributed by atoms with Crippen LogP contribution in [0.2, 0.25) is 0 Å². The van der Waals surface area contributed by atoms with Crippen LogP contribution in [0.4, 0.5) is 0 Å². The van der Waals surface area contributed by atoms with E-state index in [0.29, 0.717) is 31.0 Å². The molecule has 3 aromatic heterocycles. The molecule has 0 fully saturated rings. The molecule has 1 aliphatic carbocycles. The Bertz CT molecular complexity index is 1650. The highest BCUT2D eigenvalue weighted by atomic mass is 16.2. The molecule has 4 aromatic rings. The maximum absolute atomic E-state index is 13.5. The Hall–Kier alpha value is -4.66. The number of pyridine rings is 1. The van der Waals surface area contributed by atoms with Crippen LogP contribution in [0.15, 0.2) is 71.4 Å². The third-order valence-corrected chi connectivity index (χ3v) is 6.90. The van der Waals surface area contributed by atoms with E-state index in [1.54, 1.807) is 42.5 Å². The number of allylic oxidation sites excluding steroid dienone is 2. The van der Waals surface area contributed by atoms with E-state index in [4.69, 9.17) is 10.4 Å². The zero-order chi connectivity index (χ0) is 24.8. The highest BCUT2D eigenvalue weighted by Crippen LogP contribution is 2.39. The Balaban J connectivity index is 1.56. The molecule has 2 aliphatic rings. The first-order valence-corrected chi connectivity index (χ1v) is 11.7. The summed E-state index contributed by atoms with van der Waals surface area (Å²) < 4.78 is 0. The second kappa shape index (κ2) is 8.53. The van der Waals surface area contributed by atoms with Crippen LogP contribution in [0.1, 0.15) is 36.1 Å². The van der Waals surface area contributed by atoms with Crippen molar-refractivity contribution in [2.45, 2.75) is 19.3 Å². The molecular weight excluding hydrogens is 454 g/mol. The van der Waals surface area contributed by atoms with Crippen LogP contribution in [-0.4, -0.2) is 54.8 Å². The van der Waals surface area contributed by atoms with Crippen LogP contribution in [0, 0.1) is 5.41 Å². The van der Waals surface area contributed by atoms with Crippen LogP contribution in [-0.2, 0) is 4.79 Å². The first-order chi connectivity index (χ1) is 17.5. The Morgan fingerprint density at radius 1 is 1.19 bits per heavy atom. The summed E-state index contributed by atoms with van der Waals surface area (Å²) >= 11 is 0. The molecule has 1 unspecified atom stereocenters. The molecular formula is C27H23N7O2. The first kappa shape index (κ1) is 21.8. The molecule has 4 heterocycles. The average Bonchev–Trinajstić information content (AvgIpc) is 3.39. The van der Waals surface area contributed by atoms with Crippen LogP contribution in [0.3, 0.4) is 0 Å². The van der Waals surface area contributed by atoms with Crippen molar-refractivity contribution in [3.8, 4) is 11.4 Å².